The van der Waals surface area contributed by atoms with E-state index in [0.29, 0.717) is 43.2 Å². The smallest absolute Gasteiger partial charge is 0.240 e. The molecule has 0 aromatic heterocycles. The summed E-state index contributed by atoms with van der Waals surface area (Å²) in [5, 5.41) is 3.72. The summed E-state index contributed by atoms with van der Waals surface area (Å²) >= 11 is 6.56. The van der Waals surface area contributed by atoms with E-state index in [9.17, 15) is 14.0 Å². The lowest BCUT2D eigenvalue weighted by atomic mass is 9.80. The maximum atomic E-state index is 15.0. The first-order chi connectivity index (χ1) is 19.3. The Labute approximate surface area is 248 Å². The lowest BCUT2D eigenvalue weighted by Gasteiger charge is -2.49. The topological polar surface area (TPSA) is 55.9 Å². The number of likely N-dealkylation sites (tertiary alicyclic amines) is 1. The van der Waals surface area contributed by atoms with Crippen LogP contribution in [0.15, 0.2) is 30.3 Å². The molecule has 2 amide bonds. The maximum absolute atomic E-state index is 15.0. The van der Waals surface area contributed by atoms with Crippen LogP contribution in [0.3, 0.4) is 0 Å². The van der Waals surface area contributed by atoms with Crippen molar-refractivity contribution in [3.05, 3.63) is 63.7 Å². The second kappa shape index (κ2) is 12.7. The quantitative estimate of drug-likeness (QED) is 0.436. The third-order valence-corrected chi connectivity index (χ3v) is 8.92. The summed E-state index contributed by atoms with van der Waals surface area (Å²) in [5.41, 5.74) is 3.03. The average molecular weight is 589 g/mol. The summed E-state index contributed by atoms with van der Waals surface area (Å²) < 4.78 is 28.8. The van der Waals surface area contributed by atoms with Crippen LogP contribution in [-0.2, 0) is 9.59 Å². The number of halogens is 3. The van der Waals surface area contributed by atoms with Gasteiger partial charge in [-0.2, -0.15) is 0 Å². The second-order valence-corrected chi connectivity index (χ2v) is 12.8. The van der Waals surface area contributed by atoms with Crippen LogP contribution in [-0.4, -0.2) is 65.9 Å². The van der Waals surface area contributed by atoms with Gasteiger partial charge < -0.3 is 15.1 Å². The maximum Gasteiger partial charge on any atom is 0.240 e. The number of anilines is 1. The Morgan fingerprint density at radius 1 is 1.07 bits per heavy atom. The van der Waals surface area contributed by atoms with E-state index in [1.807, 2.05) is 30.9 Å². The van der Waals surface area contributed by atoms with Gasteiger partial charge in [-0.3, -0.25) is 14.5 Å². The summed E-state index contributed by atoms with van der Waals surface area (Å²) in [6.45, 7) is 14.7. The average Bonchev–Trinajstić information content (AvgIpc) is 2.92. The molecule has 9 heteroatoms. The molecule has 4 rings (SSSR count). The zero-order valence-corrected chi connectivity index (χ0v) is 25.8. The summed E-state index contributed by atoms with van der Waals surface area (Å²) in [7, 11) is 0. The SMILES string of the molecule is CCC(NC(C)=O)c1cc(C)c(Cl)cc1N1CCN(C(=O)C2[C@@H](c3ccc(F)cc3F)CCCN2C(C)(C)C)CC1. The third-order valence-electron chi connectivity index (χ3n) is 8.51. The molecule has 2 aliphatic rings. The molecular formula is C32H43ClF2N4O2. The molecule has 6 nitrogen and oxygen atoms in total. The number of piperidine rings is 1. The van der Waals surface area contributed by atoms with Gasteiger partial charge >= 0.3 is 0 Å². The van der Waals surface area contributed by atoms with E-state index >= 15 is 4.39 Å². The van der Waals surface area contributed by atoms with E-state index in [1.54, 1.807) is 0 Å². The minimum atomic E-state index is -0.617. The van der Waals surface area contributed by atoms with Crippen molar-refractivity contribution in [2.45, 2.75) is 84.3 Å². The number of benzene rings is 2. The van der Waals surface area contributed by atoms with Gasteiger partial charge in [0.15, 0.2) is 0 Å². The summed E-state index contributed by atoms with van der Waals surface area (Å²) in [4.78, 5) is 32.5. The monoisotopic (exact) mass is 588 g/mol. The number of nitrogens with one attached hydrogen (secondary N) is 1. The van der Waals surface area contributed by atoms with E-state index in [-0.39, 0.29) is 29.3 Å². The largest absolute Gasteiger partial charge is 0.368 e. The van der Waals surface area contributed by atoms with Crippen LogP contribution in [0.25, 0.3) is 0 Å². The Balaban J connectivity index is 1.60. The highest BCUT2D eigenvalue weighted by Crippen LogP contribution is 2.39. The summed E-state index contributed by atoms with van der Waals surface area (Å²) in [6, 6.07) is 7.02. The highest BCUT2D eigenvalue weighted by atomic mass is 35.5. The number of hydrogen-bond donors (Lipinski definition) is 1. The van der Waals surface area contributed by atoms with Crippen LogP contribution < -0.4 is 10.2 Å². The number of nitrogens with zero attached hydrogens (tertiary/aromatic N) is 3. The summed E-state index contributed by atoms with van der Waals surface area (Å²) in [5.74, 6) is -1.68. The molecule has 2 saturated heterocycles. The molecule has 0 spiro atoms. The van der Waals surface area contributed by atoms with Crippen LogP contribution in [0.2, 0.25) is 5.02 Å². The van der Waals surface area contributed by atoms with Gasteiger partial charge in [0.1, 0.15) is 11.6 Å². The Hall–Kier alpha value is -2.71. The zero-order valence-electron chi connectivity index (χ0n) is 25.1. The first-order valence-electron chi connectivity index (χ1n) is 14.6. The molecule has 41 heavy (non-hydrogen) atoms. The fourth-order valence-corrected chi connectivity index (χ4v) is 6.59. The number of rotatable bonds is 6. The van der Waals surface area contributed by atoms with Crippen molar-refractivity contribution in [2.75, 3.05) is 37.6 Å². The first-order valence-corrected chi connectivity index (χ1v) is 15.0. The van der Waals surface area contributed by atoms with Crippen molar-refractivity contribution in [3.8, 4) is 0 Å². The molecule has 2 fully saturated rings. The fraction of sp³-hybridized carbons (Fsp3) is 0.562. The van der Waals surface area contributed by atoms with Crippen molar-refractivity contribution in [1.29, 1.82) is 0 Å². The fourth-order valence-electron chi connectivity index (χ4n) is 6.43. The lowest BCUT2D eigenvalue weighted by molar-refractivity contribution is -0.142. The molecule has 2 aromatic rings. The van der Waals surface area contributed by atoms with E-state index in [1.165, 1.54) is 19.1 Å². The third kappa shape index (κ3) is 6.86. The first kappa shape index (κ1) is 31.2. The van der Waals surface area contributed by atoms with Gasteiger partial charge in [0.2, 0.25) is 11.8 Å². The van der Waals surface area contributed by atoms with Gasteiger partial charge in [0.25, 0.3) is 0 Å². The van der Waals surface area contributed by atoms with Crippen molar-refractivity contribution in [2.24, 2.45) is 0 Å². The molecule has 2 unspecified atom stereocenters. The van der Waals surface area contributed by atoms with Gasteiger partial charge in [-0.15, -0.1) is 0 Å². The predicted octanol–water partition coefficient (Wildman–Crippen LogP) is 6.21. The second-order valence-electron chi connectivity index (χ2n) is 12.4. The normalized spacial score (nSPS) is 21.1. The molecule has 0 saturated carbocycles. The van der Waals surface area contributed by atoms with Crippen molar-refractivity contribution >= 4 is 29.1 Å². The zero-order chi connectivity index (χ0) is 30.1. The predicted molar refractivity (Wildman–Crippen MR) is 160 cm³/mol. The van der Waals surface area contributed by atoms with Crippen molar-refractivity contribution in [3.63, 3.8) is 0 Å². The molecule has 224 valence electrons. The van der Waals surface area contributed by atoms with Crippen molar-refractivity contribution in [1.82, 2.24) is 15.1 Å². The Kier molecular flexibility index (Phi) is 9.64. The highest BCUT2D eigenvalue weighted by Gasteiger charge is 2.45. The minimum absolute atomic E-state index is 0.0140. The van der Waals surface area contributed by atoms with Gasteiger partial charge in [-0.05, 0) is 82.3 Å². The van der Waals surface area contributed by atoms with Crippen LogP contribution in [0, 0.1) is 18.6 Å². The van der Waals surface area contributed by atoms with E-state index in [2.05, 4.69) is 35.9 Å². The Morgan fingerprint density at radius 3 is 2.34 bits per heavy atom. The number of aryl methyl sites for hydroxylation is 1. The van der Waals surface area contributed by atoms with E-state index in [0.717, 1.165) is 42.3 Å². The van der Waals surface area contributed by atoms with Gasteiger partial charge in [0.05, 0.1) is 12.1 Å². The van der Waals surface area contributed by atoms with Crippen LogP contribution in [0.5, 0.6) is 0 Å². The lowest BCUT2D eigenvalue weighted by Crippen LogP contribution is -2.62. The standard InChI is InChI=1S/C32H43ClF2N4O2/c1-7-28(36-21(3)40)25-17-20(2)26(33)19-29(25)37-13-15-38(16-14-37)31(41)30-24(9-8-12-39(30)32(4,5)6)23-11-10-22(34)18-27(23)35/h10-11,17-19,24,28,30H,7-9,12-16H2,1-6H3,(H,36,40)/t24-,28?,30?/m1/s1. The van der Waals surface area contributed by atoms with Gasteiger partial charge in [0, 0.05) is 61.3 Å². The number of carbonyl (C=O) groups excluding carboxylic acids is 2. The highest BCUT2D eigenvalue weighted by molar-refractivity contribution is 6.31. The number of carbonyl (C=O) groups is 2. The Bertz CT molecular complexity index is 1270. The molecule has 1 N–H and O–H groups in total. The molecule has 2 heterocycles. The molecule has 2 aliphatic heterocycles. The molecule has 2 aromatic carbocycles. The number of piperazine rings is 1. The van der Waals surface area contributed by atoms with Crippen molar-refractivity contribution < 1.29 is 18.4 Å². The molecule has 0 bridgehead atoms. The van der Waals surface area contributed by atoms with Gasteiger partial charge in [-0.1, -0.05) is 30.7 Å². The van der Waals surface area contributed by atoms with Crippen LogP contribution >= 0.6 is 11.6 Å². The van der Waals surface area contributed by atoms with Crippen LogP contribution in [0.1, 0.15) is 82.5 Å². The minimum Gasteiger partial charge on any atom is -0.368 e. The van der Waals surface area contributed by atoms with Crippen LogP contribution in [0.4, 0.5) is 14.5 Å². The van der Waals surface area contributed by atoms with E-state index in [4.69, 9.17) is 11.6 Å². The molecule has 0 aliphatic carbocycles. The molecule has 0 radical (unpaired) electrons. The number of hydrogen-bond acceptors (Lipinski definition) is 4. The summed E-state index contributed by atoms with van der Waals surface area (Å²) in [6.07, 6.45) is 2.23. The molecule has 3 atom stereocenters. The Morgan fingerprint density at radius 2 is 1.76 bits per heavy atom. The molecular weight excluding hydrogens is 546 g/mol. The van der Waals surface area contributed by atoms with E-state index < -0.39 is 17.7 Å². The number of amides is 2. The van der Waals surface area contributed by atoms with Gasteiger partial charge in [-0.25, -0.2) is 8.78 Å².